The van der Waals surface area contributed by atoms with Crippen molar-refractivity contribution in [2.75, 3.05) is 6.54 Å². The van der Waals surface area contributed by atoms with Gasteiger partial charge in [0.05, 0.1) is 12.3 Å². The minimum Gasteiger partial charge on any atom is -0.385 e. The molecule has 5 nitrogen and oxygen atoms in total. The lowest BCUT2D eigenvalue weighted by molar-refractivity contribution is 0.482. The molecule has 0 unspecified atom stereocenters. The van der Waals surface area contributed by atoms with Crippen LogP contribution in [0, 0.1) is 5.41 Å². The number of hydrogen-bond acceptors (Lipinski definition) is 3. The SMILES string of the molecule is N=C(N)N1CCC(c2ccccc2OCl)=N1. The molecule has 6 heteroatoms. The molecule has 2 rings (SSSR count). The van der Waals surface area contributed by atoms with Gasteiger partial charge in [-0.3, -0.25) is 5.41 Å². The monoisotopic (exact) mass is 238 g/mol. The molecule has 0 aromatic heterocycles. The molecular weight excluding hydrogens is 228 g/mol. The summed E-state index contributed by atoms with van der Waals surface area (Å²) in [6.07, 6.45) is 0.719. The van der Waals surface area contributed by atoms with E-state index in [1.54, 1.807) is 6.07 Å². The van der Waals surface area contributed by atoms with Crippen LogP contribution in [0.2, 0.25) is 0 Å². The largest absolute Gasteiger partial charge is 0.385 e. The van der Waals surface area contributed by atoms with Gasteiger partial charge in [-0.1, -0.05) is 12.1 Å². The van der Waals surface area contributed by atoms with Crippen molar-refractivity contribution in [2.45, 2.75) is 6.42 Å². The van der Waals surface area contributed by atoms with Crippen molar-refractivity contribution in [3.05, 3.63) is 29.8 Å². The van der Waals surface area contributed by atoms with Crippen LogP contribution < -0.4 is 10.0 Å². The Morgan fingerprint density at radius 3 is 2.88 bits per heavy atom. The first-order valence-corrected chi connectivity index (χ1v) is 5.10. The maximum Gasteiger partial charge on any atom is 0.209 e. The molecular formula is C10H11ClN4O. The van der Waals surface area contributed by atoms with E-state index in [4.69, 9.17) is 27.3 Å². The van der Waals surface area contributed by atoms with E-state index in [9.17, 15) is 0 Å². The van der Waals surface area contributed by atoms with Crippen LogP contribution in [0.3, 0.4) is 0 Å². The summed E-state index contributed by atoms with van der Waals surface area (Å²) in [7, 11) is 0. The van der Waals surface area contributed by atoms with Gasteiger partial charge >= 0.3 is 0 Å². The summed E-state index contributed by atoms with van der Waals surface area (Å²) >= 11 is 5.37. The topological polar surface area (TPSA) is 74.7 Å². The predicted octanol–water partition coefficient (Wildman–Crippen LogP) is 1.52. The van der Waals surface area contributed by atoms with Gasteiger partial charge in [-0.05, 0) is 12.1 Å². The van der Waals surface area contributed by atoms with Gasteiger partial charge in [0.15, 0.2) is 5.75 Å². The Hall–Kier alpha value is -1.75. The van der Waals surface area contributed by atoms with Crippen LogP contribution in [0.4, 0.5) is 0 Å². The molecule has 0 fully saturated rings. The zero-order valence-electron chi connectivity index (χ0n) is 8.48. The van der Waals surface area contributed by atoms with Gasteiger partial charge < -0.3 is 10.0 Å². The Kier molecular flexibility index (Phi) is 2.96. The molecule has 0 atom stereocenters. The summed E-state index contributed by atoms with van der Waals surface area (Å²) in [5.74, 6) is 0.507. The van der Waals surface area contributed by atoms with Crippen molar-refractivity contribution in [3.8, 4) is 5.75 Å². The molecule has 1 aromatic rings. The van der Waals surface area contributed by atoms with E-state index in [1.165, 1.54) is 5.01 Å². The number of nitrogens with zero attached hydrogens (tertiary/aromatic N) is 2. The van der Waals surface area contributed by atoms with Crippen molar-refractivity contribution in [2.24, 2.45) is 10.8 Å². The zero-order valence-corrected chi connectivity index (χ0v) is 9.24. The Bertz CT molecular complexity index is 446. The van der Waals surface area contributed by atoms with E-state index in [-0.39, 0.29) is 5.96 Å². The number of hydrogen-bond donors (Lipinski definition) is 2. The fourth-order valence-electron chi connectivity index (χ4n) is 1.59. The van der Waals surface area contributed by atoms with Crippen LogP contribution in [0.5, 0.6) is 5.75 Å². The summed E-state index contributed by atoms with van der Waals surface area (Å²) in [4.78, 5) is 0. The third-order valence-electron chi connectivity index (χ3n) is 2.36. The number of benzene rings is 1. The fraction of sp³-hybridized carbons (Fsp3) is 0.200. The normalized spacial score (nSPS) is 14.8. The zero-order chi connectivity index (χ0) is 11.5. The predicted molar refractivity (Wildman–Crippen MR) is 62.7 cm³/mol. The van der Waals surface area contributed by atoms with Gasteiger partial charge in [0.2, 0.25) is 5.96 Å². The molecule has 0 bridgehead atoms. The summed E-state index contributed by atoms with van der Waals surface area (Å²) in [5, 5.41) is 13.0. The van der Waals surface area contributed by atoms with Crippen LogP contribution >= 0.6 is 11.9 Å². The third kappa shape index (κ3) is 1.94. The Morgan fingerprint density at radius 2 is 2.25 bits per heavy atom. The Balaban J connectivity index is 2.32. The first kappa shape index (κ1) is 10.8. The molecule has 0 aliphatic carbocycles. The highest BCUT2D eigenvalue weighted by Gasteiger charge is 2.20. The second-order valence-electron chi connectivity index (χ2n) is 3.38. The van der Waals surface area contributed by atoms with Gasteiger partial charge in [-0.15, -0.1) is 0 Å². The van der Waals surface area contributed by atoms with Crippen molar-refractivity contribution in [3.63, 3.8) is 0 Å². The van der Waals surface area contributed by atoms with Crippen molar-refractivity contribution >= 4 is 23.5 Å². The van der Waals surface area contributed by atoms with Gasteiger partial charge in [0.1, 0.15) is 11.9 Å². The number of guanidine groups is 1. The van der Waals surface area contributed by atoms with Crippen molar-refractivity contribution in [1.82, 2.24) is 5.01 Å². The highest BCUT2D eigenvalue weighted by Crippen LogP contribution is 2.23. The van der Waals surface area contributed by atoms with E-state index >= 15 is 0 Å². The molecule has 84 valence electrons. The molecule has 0 spiro atoms. The highest BCUT2D eigenvalue weighted by molar-refractivity contribution is 6.11. The number of nitrogens with two attached hydrogens (primary N) is 1. The number of rotatable bonds is 2. The van der Waals surface area contributed by atoms with Gasteiger partial charge in [0, 0.05) is 12.0 Å². The first-order valence-electron chi connectivity index (χ1n) is 4.79. The molecule has 0 amide bonds. The molecule has 0 radical (unpaired) electrons. The third-order valence-corrected chi connectivity index (χ3v) is 2.53. The van der Waals surface area contributed by atoms with Crippen molar-refractivity contribution < 1.29 is 4.29 Å². The number of para-hydroxylation sites is 1. The van der Waals surface area contributed by atoms with E-state index < -0.39 is 0 Å². The quantitative estimate of drug-likeness (QED) is 0.606. The lowest BCUT2D eigenvalue weighted by Gasteiger charge is -2.08. The van der Waals surface area contributed by atoms with Crippen LogP contribution in [0.25, 0.3) is 0 Å². The van der Waals surface area contributed by atoms with Gasteiger partial charge in [-0.2, -0.15) is 5.10 Å². The molecule has 3 N–H and O–H groups in total. The number of hydrazone groups is 1. The van der Waals surface area contributed by atoms with E-state index in [0.29, 0.717) is 12.3 Å². The van der Waals surface area contributed by atoms with Gasteiger partial charge in [-0.25, -0.2) is 5.01 Å². The molecule has 1 heterocycles. The van der Waals surface area contributed by atoms with Gasteiger partial charge in [0.25, 0.3) is 0 Å². The van der Waals surface area contributed by atoms with Crippen molar-refractivity contribution in [1.29, 1.82) is 5.41 Å². The Labute approximate surface area is 98.1 Å². The van der Waals surface area contributed by atoms with Crippen LogP contribution in [-0.4, -0.2) is 23.2 Å². The minimum absolute atomic E-state index is 0.0562. The van der Waals surface area contributed by atoms with Crippen LogP contribution in [0.1, 0.15) is 12.0 Å². The smallest absolute Gasteiger partial charge is 0.209 e. The minimum atomic E-state index is -0.0562. The van der Waals surface area contributed by atoms with E-state index in [1.807, 2.05) is 18.2 Å². The maximum atomic E-state index is 7.28. The molecule has 0 saturated carbocycles. The number of halogens is 1. The average Bonchev–Trinajstić information content (AvgIpc) is 2.78. The Morgan fingerprint density at radius 1 is 1.50 bits per heavy atom. The average molecular weight is 239 g/mol. The summed E-state index contributed by atoms with van der Waals surface area (Å²) in [6, 6.07) is 7.36. The lowest BCUT2D eigenvalue weighted by Crippen LogP contribution is -2.29. The maximum absolute atomic E-state index is 7.28. The molecule has 16 heavy (non-hydrogen) atoms. The summed E-state index contributed by atoms with van der Waals surface area (Å²) in [6.45, 7) is 0.612. The van der Waals surface area contributed by atoms with E-state index in [0.717, 1.165) is 17.7 Å². The molecule has 1 aliphatic heterocycles. The standard InChI is InChI=1S/C10H11ClN4O/c11-16-9-4-2-1-3-7(9)8-5-6-15(14-8)10(12)13/h1-4H,5-6H2,(H3,12,13). The molecule has 1 aromatic carbocycles. The van der Waals surface area contributed by atoms with Crippen LogP contribution in [-0.2, 0) is 0 Å². The summed E-state index contributed by atoms with van der Waals surface area (Å²) in [5.41, 5.74) is 7.01. The molecule has 0 saturated heterocycles. The fourth-order valence-corrected chi connectivity index (χ4v) is 1.73. The number of nitrogens with one attached hydrogen (secondary N) is 1. The molecule has 1 aliphatic rings. The first-order chi connectivity index (χ1) is 7.72. The van der Waals surface area contributed by atoms with E-state index in [2.05, 4.69) is 5.10 Å². The summed E-state index contributed by atoms with van der Waals surface area (Å²) < 4.78 is 4.74. The highest BCUT2D eigenvalue weighted by atomic mass is 35.5. The second-order valence-corrected chi connectivity index (χ2v) is 3.53. The second kappa shape index (κ2) is 4.40. The lowest BCUT2D eigenvalue weighted by atomic mass is 10.1. The van der Waals surface area contributed by atoms with Crippen LogP contribution in [0.15, 0.2) is 29.4 Å².